The number of anilines is 1. The molecule has 80 valence electrons. The van der Waals surface area contributed by atoms with Crippen LogP contribution in [0.5, 0.6) is 0 Å². The van der Waals surface area contributed by atoms with Crippen molar-refractivity contribution in [2.75, 3.05) is 24.6 Å². The van der Waals surface area contributed by atoms with Crippen LogP contribution in [-0.4, -0.2) is 19.7 Å². The number of nitrogens with zero attached hydrogens (tertiary/aromatic N) is 1. The van der Waals surface area contributed by atoms with Gasteiger partial charge in [-0.15, -0.1) is 0 Å². The lowest BCUT2D eigenvalue weighted by molar-refractivity contribution is 0.329. The molecule has 3 rings (SSSR count). The van der Waals surface area contributed by atoms with Crippen LogP contribution >= 0.6 is 0 Å². The van der Waals surface area contributed by atoms with E-state index >= 15 is 0 Å². The van der Waals surface area contributed by atoms with Crippen molar-refractivity contribution in [1.82, 2.24) is 0 Å². The Kier molecular flexibility index (Phi) is 1.84. The predicted octanol–water partition coefficient (Wildman–Crippen LogP) is 2.31. The molecule has 0 amide bonds. The third kappa shape index (κ3) is 1.36. The van der Waals surface area contributed by atoms with Crippen molar-refractivity contribution in [1.29, 1.82) is 0 Å². The zero-order valence-corrected chi connectivity index (χ0v) is 9.42. The summed E-state index contributed by atoms with van der Waals surface area (Å²) in [5.74, 6) is 0. The highest BCUT2D eigenvalue weighted by Gasteiger charge is 2.41. The van der Waals surface area contributed by atoms with Gasteiger partial charge in [0.1, 0.15) is 5.60 Å². The molecule has 0 aromatic heterocycles. The van der Waals surface area contributed by atoms with Crippen LogP contribution in [0.4, 0.5) is 5.69 Å². The van der Waals surface area contributed by atoms with E-state index in [9.17, 15) is 0 Å². The van der Waals surface area contributed by atoms with E-state index in [4.69, 9.17) is 4.74 Å². The average molecular weight is 203 g/mol. The Balaban J connectivity index is 1.98. The van der Waals surface area contributed by atoms with E-state index in [0.29, 0.717) is 0 Å². The van der Waals surface area contributed by atoms with Crippen molar-refractivity contribution >= 4 is 5.69 Å². The third-order valence-corrected chi connectivity index (χ3v) is 3.64. The average Bonchev–Trinajstić information content (AvgIpc) is 2.88. The van der Waals surface area contributed by atoms with Gasteiger partial charge in [-0.25, -0.2) is 0 Å². The number of hydrogen-bond acceptors (Lipinski definition) is 2. The highest BCUT2D eigenvalue weighted by Crippen LogP contribution is 2.40. The SMILES string of the molecule is CCN1CCc2cc(C3(C)CO3)ccc21. The lowest BCUT2D eigenvalue weighted by Gasteiger charge is -2.17. The smallest absolute Gasteiger partial charge is 0.114 e. The third-order valence-electron chi connectivity index (χ3n) is 3.64. The molecule has 0 radical (unpaired) electrons. The first-order valence-corrected chi connectivity index (χ1v) is 5.75. The molecule has 1 aromatic carbocycles. The summed E-state index contributed by atoms with van der Waals surface area (Å²) in [6.45, 7) is 7.55. The molecule has 15 heavy (non-hydrogen) atoms. The first-order chi connectivity index (χ1) is 7.23. The van der Waals surface area contributed by atoms with Crippen LogP contribution in [0.15, 0.2) is 18.2 Å². The van der Waals surface area contributed by atoms with Crippen molar-refractivity contribution in [3.63, 3.8) is 0 Å². The normalized spacial score (nSPS) is 28.0. The van der Waals surface area contributed by atoms with Crippen molar-refractivity contribution in [3.05, 3.63) is 29.3 Å². The Labute approximate surface area is 90.8 Å². The minimum atomic E-state index is 0.0225. The Hall–Kier alpha value is -1.02. The second-order valence-electron chi connectivity index (χ2n) is 4.69. The number of fused-ring (bicyclic) bond motifs is 1. The quantitative estimate of drug-likeness (QED) is 0.685. The monoisotopic (exact) mass is 203 g/mol. The molecule has 1 saturated heterocycles. The standard InChI is InChI=1S/C13H17NO/c1-3-14-7-6-10-8-11(4-5-12(10)14)13(2)9-15-13/h4-5,8H,3,6-7,9H2,1-2H3. The van der Waals surface area contributed by atoms with E-state index in [0.717, 1.165) is 13.2 Å². The molecule has 2 aliphatic rings. The molecule has 1 atom stereocenters. The molecule has 1 aromatic rings. The number of hydrogen-bond donors (Lipinski definition) is 0. The van der Waals surface area contributed by atoms with Gasteiger partial charge in [0.05, 0.1) is 6.61 Å². The van der Waals surface area contributed by atoms with E-state index in [1.807, 2.05) is 0 Å². The minimum absolute atomic E-state index is 0.0225. The fraction of sp³-hybridized carbons (Fsp3) is 0.538. The van der Waals surface area contributed by atoms with Gasteiger partial charge in [0.25, 0.3) is 0 Å². The van der Waals surface area contributed by atoms with Gasteiger partial charge in [0, 0.05) is 18.8 Å². The number of likely N-dealkylation sites (N-methyl/N-ethyl adjacent to an activating group) is 1. The maximum atomic E-state index is 5.48. The highest BCUT2D eigenvalue weighted by atomic mass is 16.6. The van der Waals surface area contributed by atoms with Crippen molar-refractivity contribution in [2.45, 2.75) is 25.9 Å². The Bertz CT molecular complexity index is 396. The maximum absolute atomic E-state index is 5.48. The van der Waals surface area contributed by atoms with Crippen molar-refractivity contribution in [2.24, 2.45) is 0 Å². The number of benzene rings is 1. The second-order valence-corrected chi connectivity index (χ2v) is 4.69. The minimum Gasteiger partial charge on any atom is -0.371 e. The first kappa shape index (κ1) is 9.22. The van der Waals surface area contributed by atoms with Gasteiger partial charge in [-0.05, 0) is 37.5 Å². The first-order valence-electron chi connectivity index (χ1n) is 5.75. The summed E-state index contributed by atoms with van der Waals surface area (Å²) < 4.78 is 5.48. The van der Waals surface area contributed by atoms with E-state index in [-0.39, 0.29) is 5.60 Å². The van der Waals surface area contributed by atoms with Crippen molar-refractivity contribution in [3.8, 4) is 0 Å². The van der Waals surface area contributed by atoms with Crippen LogP contribution in [-0.2, 0) is 16.8 Å². The summed E-state index contributed by atoms with van der Waals surface area (Å²) in [5, 5.41) is 0. The second kappa shape index (κ2) is 2.99. The topological polar surface area (TPSA) is 15.8 Å². The van der Waals surface area contributed by atoms with Crippen LogP contribution in [0.25, 0.3) is 0 Å². The summed E-state index contributed by atoms with van der Waals surface area (Å²) in [4.78, 5) is 2.44. The molecule has 2 nitrogen and oxygen atoms in total. The van der Waals surface area contributed by atoms with Gasteiger partial charge in [0.2, 0.25) is 0 Å². The molecule has 0 aliphatic carbocycles. The van der Waals surface area contributed by atoms with Crippen LogP contribution in [0.2, 0.25) is 0 Å². The van der Waals surface area contributed by atoms with Crippen LogP contribution in [0.1, 0.15) is 25.0 Å². The summed E-state index contributed by atoms with van der Waals surface area (Å²) >= 11 is 0. The van der Waals surface area contributed by atoms with Gasteiger partial charge in [-0.1, -0.05) is 12.1 Å². The maximum Gasteiger partial charge on any atom is 0.114 e. The zero-order chi connectivity index (χ0) is 10.5. The molecule has 2 heterocycles. The molecular weight excluding hydrogens is 186 g/mol. The highest BCUT2D eigenvalue weighted by molar-refractivity contribution is 5.59. The van der Waals surface area contributed by atoms with E-state index in [1.54, 1.807) is 0 Å². The zero-order valence-electron chi connectivity index (χ0n) is 9.42. The fourth-order valence-electron chi connectivity index (χ4n) is 2.40. The van der Waals surface area contributed by atoms with Crippen LogP contribution in [0, 0.1) is 0 Å². The summed E-state index contributed by atoms with van der Waals surface area (Å²) in [7, 11) is 0. The molecule has 0 spiro atoms. The van der Waals surface area contributed by atoms with E-state index in [2.05, 4.69) is 36.9 Å². The number of rotatable bonds is 2. The lowest BCUT2D eigenvalue weighted by Crippen LogP contribution is -2.19. The fourth-order valence-corrected chi connectivity index (χ4v) is 2.40. The summed E-state index contributed by atoms with van der Waals surface area (Å²) in [6, 6.07) is 6.81. The van der Waals surface area contributed by atoms with Gasteiger partial charge in [-0.2, -0.15) is 0 Å². The van der Waals surface area contributed by atoms with Crippen LogP contribution in [0.3, 0.4) is 0 Å². The lowest BCUT2D eigenvalue weighted by atomic mass is 9.99. The predicted molar refractivity (Wildman–Crippen MR) is 61.3 cm³/mol. The molecule has 0 bridgehead atoms. The van der Waals surface area contributed by atoms with Gasteiger partial charge >= 0.3 is 0 Å². The van der Waals surface area contributed by atoms with Crippen molar-refractivity contribution < 1.29 is 4.74 Å². The molecule has 0 N–H and O–H groups in total. The molecular formula is C13H17NO. The Morgan fingerprint density at radius 3 is 2.93 bits per heavy atom. The molecule has 2 aliphatic heterocycles. The Morgan fingerprint density at radius 1 is 1.47 bits per heavy atom. The molecule has 2 heteroatoms. The van der Waals surface area contributed by atoms with Gasteiger partial charge in [0.15, 0.2) is 0 Å². The molecule has 1 fully saturated rings. The summed E-state index contributed by atoms with van der Waals surface area (Å²) in [5.41, 5.74) is 4.28. The number of epoxide rings is 1. The van der Waals surface area contributed by atoms with E-state index in [1.165, 1.54) is 29.8 Å². The largest absolute Gasteiger partial charge is 0.371 e. The summed E-state index contributed by atoms with van der Waals surface area (Å²) in [6.07, 6.45) is 1.19. The van der Waals surface area contributed by atoms with Crippen LogP contribution < -0.4 is 4.90 Å². The van der Waals surface area contributed by atoms with Gasteiger partial charge in [-0.3, -0.25) is 0 Å². The number of ether oxygens (including phenoxy) is 1. The Morgan fingerprint density at radius 2 is 2.27 bits per heavy atom. The van der Waals surface area contributed by atoms with Gasteiger partial charge < -0.3 is 9.64 Å². The molecule has 1 unspecified atom stereocenters. The van der Waals surface area contributed by atoms with E-state index < -0.39 is 0 Å². The molecule has 0 saturated carbocycles.